The quantitative estimate of drug-likeness (QED) is 0.484. The van der Waals surface area contributed by atoms with Gasteiger partial charge in [-0.3, -0.25) is 14.4 Å². The summed E-state index contributed by atoms with van der Waals surface area (Å²) in [5.41, 5.74) is 4.01. The molecule has 1 aromatic heterocycles. The van der Waals surface area contributed by atoms with Gasteiger partial charge in [-0.2, -0.15) is 0 Å². The van der Waals surface area contributed by atoms with Gasteiger partial charge in [0.15, 0.2) is 0 Å². The Morgan fingerprint density at radius 1 is 0.969 bits per heavy atom. The fourth-order valence-corrected chi connectivity index (χ4v) is 4.25. The van der Waals surface area contributed by atoms with Crippen molar-refractivity contribution in [3.05, 3.63) is 76.2 Å². The molecule has 32 heavy (non-hydrogen) atoms. The number of hydrogen-bond donors (Lipinski definition) is 3. The van der Waals surface area contributed by atoms with Gasteiger partial charge in [0.05, 0.1) is 12.6 Å². The molecule has 166 valence electrons. The Kier molecular flexibility index (Phi) is 7.43. The summed E-state index contributed by atoms with van der Waals surface area (Å²) < 4.78 is 0. The van der Waals surface area contributed by atoms with Crippen LogP contribution in [0.25, 0.3) is 10.4 Å². The van der Waals surface area contributed by atoms with E-state index in [1.54, 1.807) is 23.5 Å². The Balaban J connectivity index is 1.74. The van der Waals surface area contributed by atoms with Crippen LogP contribution in [0.2, 0.25) is 0 Å². The molecule has 6 nitrogen and oxygen atoms in total. The summed E-state index contributed by atoms with van der Waals surface area (Å²) in [4.78, 5) is 37.6. The molecule has 0 bridgehead atoms. The number of aryl methyl sites for hydroxylation is 1. The summed E-state index contributed by atoms with van der Waals surface area (Å²) in [6, 6.07) is 17.2. The Labute approximate surface area is 192 Å². The number of thiophene rings is 1. The van der Waals surface area contributed by atoms with Crippen molar-refractivity contribution in [1.29, 1.82) is 0 Å². The average Bonchev–Trinajstić information content (AvgIpc) is 3.22. The predicted octanol–water partition coefficient (Wildman–Crippen LogP) is 4.81. The number of hydrogen-bond acceptors (Lipinski definition) is 4. The molecule has 0 aliphatic rings. The number of carbonyl (C=O) groups is 3. The molecule has 0 saturated carbocycles. The van der Waals surface area contributed by atoms with E-state index in [0.29, 0.717) is 17.8 Å². The topological polar surface area (TPSA) is 87.3 Å². The second-order valence-corrected chi connectivity index (χ2v) is 8.88. The lowest BCUT2D eigenvalue weighted by Crippen LogP contribution is -2.27. The lowest BCUT2D eigenvalue weighted by molar-refractivity contribution is -0.119. The zero-order valence-corrected chi connectivity index (χ0v) is 19.4. The third-order valence-corrected chi connectivity index (χ3v) is 6.13. The van der Waals surface area contributed by atoms with E-state index in [9.17, 15) is 14.4 Å². The number of rotatable bonds is 7. The Bertz CT molecular complexity index is 1150. The summed E-state index contributed by atoms with van der Waals surface area (Å²) >= 11 is 1.63. The van der Waals surface area contributed by atoms with Crippen LogP contribution in [-0.2, 0) is 16.1 Å². The summed E-state index contributed by atoms with van der Waals surface area (Å²) in [6.07, 6.45) is 0. The maximum Gasteiger partial charge on any atom is 0.252 e. The molecule has 0 fully saturated rings. The summed E-state index contributed by atoms with van der Waals surface area (Å²) in [5.74, 6) is -0.426. The monoisotopic (exact) mass is 449 g/mol. The van der Waals surface area contributed by atoms with Crippen LogP contribution in [0, 0.1) is 6.92 Å². The van der Waals surface area contributed by atoms with Crippen molar-refractivity contribution in [1.82, 2.24) is 10.6 Å². The average molecular weight is 450 g/mol. The highest BCUT2D eigenvalue weighted by Gasteiger charge is 2.15. The number of benzene rings is 2. The molecule has 0 aliphatic heterocycles. The van der Waals surface area contributed by atoms with Gasteiger partial charge in [0.2, 0.25) is 11.8 Å². The van der Waals surface area contributed by atoms with Crippen molar-refractivity contribution in [3.63, 3.8) is 0 Å². The molecule has 3 rings (SSSR count). The fourth-order valence-electron chi connectivity index (χ4n) is 3.31. The van der Waals surface area contributed by atoms with Crippen LogP contribution in [0.3, 0.4) is 0 Å². The normalized spacial score (nSPS) is 11.5. The molecule has 0 spiro atoms. The first kappa shape index (κ1) is 23.2. The van der Waals surface area contributed by atoms with E-state index in [1.807, 2.05) is 50.2 Å². The first-order valence-corrected chi connectivity index (χ1v) is 11.2. The maximum absolute atomic E-state index is 12.9. The summed E-state index contributed by atoms with van der Waals surface area (Å²) in [5, 5.41) is 8.58. The van der Waals surface area contributed by atoms with Gasteiger partial charge >= 0.3 is 0 Å². The Morgan fingerprint density at radius 2 is 1.75 bits per heavy atom. The zero-order valence-electron chi connectivity index (χ0n) is 18.6. The van der Waals surface area contributed by atoms with Crippen molar-refractivity contribution < 1.29 is 14.4 Å². The number of amides is 3. The molecule has 1 heterocycles. The van der Waals surface area contributed by atoms with Crippen LogP contribution in [0.1, 0.15) is 53.2 Å². The van der Waals surface area contributed by atoms with Crippen LogP contribution in [0.4, 0.5) is 5.69 Å². The number of nitrogens with one attached hydrogen (secondary N) is 3. The highest BCUT2D eigenvalue weighted by molar-refractivity contribution is 7.15. The van der Waals surface area contributed by atoms with Crippen LogP contribution in [0.15, 0.2) is 54.6 Å². The van der Waals surface area contributed by atoms with Gasteiger partial charge in [-0.15, -0.1) is 11.3 Å². The highest BCUT2D eigenvalue weighted by Crippen LogP contribution is 2.30. The lowest BCUT2D eigenvalue weighted by atomic mass is 10.0. The molecule has 0 aliphatic carbocycles. The van der Waals surface area contributed by atoms with Gasteiger partial charge < -0.3 is 16.0 Å². The Morgan fingerprint density at radius 3 is 2.47 bits per heavy atom. The van der Waals surface area contributed by atoms with E-state index in [0.717, 1.165) is 26.4 Å². The van der Waals surface area contributed by atoms with Crippen LogP contribution >= 0.6 is 11.3 Å². The standard InChI is InChI=1S/C25H27N3O3S/c1-15-8-9-21(28-18(4)30)13-23(15)25(31)27-16(2)19-6-5-7-20(12-19)24-11-10-22(32-24)14-26-17(3)29/h5-13,16H,14H2,1-4H3,(H,26,29)(H,27,31)(H,28,30). The second kappa shape index (κ2) is 10.2. The third-order valence-electron chi connectivity index (χ3n) is 4.99. The first-order chi connectivity index (χ1) is 15.2. The first-order valence-electron chi connectivity index (χ1n) is 10.4. The summed E-state index contributed by atoms with van der Waals surface area (Å²) in [7, 11) is 0. The van der Waals surface area contributed by atoms with Gasteiger partial charge in [-0.1, -0.05) is 24.3 Å². The minimum absolute atomic E-state index is 0.0515. The van der Waals surface area contributed by atoms with E-state index >= 15 is 0 Å². The van der Waals surface area contributed by atoms with E-state index in [-0.39, 0.29) is 23.8 Å². The van der Waals surface area contributed by atoms with Gasteiger partial charge in [-0.25, -0.2) is 0 Å². The van der Waals surface area contributed by atoms with Crippen molar-refractivity contribution >= 4 is 34.7 Å². The van der Waals surface area contributed by atoms with Crippen LogP contribution in [0.5, 0.6) is 0 Å². The van der Waals surface area contributed by atoms with Gasteiger partial charge in [0.1, 0.15) is 0 Å². The predicted molar refractivity (Wildman–Crippen MR) is 129 cm³/mol. The molecule has 7 heteroatoms. The van der Waals surface area contributed by atoms with Crippen molar-refractivity contribution in [2.75, 3.05) is 5.32 Å². The largest absolute Gasteiger partial charge is 0.351 e. The fraction of sp³-hybridized carbons (Fsp3) is 0.240. The smallest absolute Gasteiger partial charge is 0.252 e. The number of carbonyl (C=O) groups excluding carboxylic acids is 3. The van der Waals surface area contributed by atoms with Crippen molar-refractivity contribution in [2.45, 2.75) is 40.3 Å². The SMILES string of the molecule is CC(=O)NCc1ccc(-c2cccc(C(C)NC(=O)c3cc(NC(C)=O)ccc3C)c2)s1. The van der Waals surface area contributed by atoms with Crippen molar-refractivity contribution in [2.24, 2.45) is 0 Å². The molecule has 3 aromatic rings. The lowest BCUT2D eigenvalue weighted by Gasteiger charge is -2.17. The van der Waals surface area contributed by atoms with Crippen LogP contribution in [-0.4, -0.2) is 17.7 Å². The van der Waals surface area contributed by atoms with Gasteiger partial charge in [-0.05, 0) is 60.9 Å². The minimum atomic E-state index is -0.204. The van der Waals surface area contributed by atoms with E-state index in [1.165, 1.54) is 13.8 Å². The van der Waals surface area contributed by atoms with Gasteiger partial charge in [0, 0.05) is 34.9 Å². The van der Waals surface area contributed by atoms with Gasteiger partial charge in [0.25, 0.3) is 5.91 Å². The third kappa shape index (κ3) is 6.04. The maximum atomic E-state index is 12.9. The molecule has 3 N–H and O–H groups in total. The van der Waals surface area contributed by atoms with Crippen molar-refractivity contribution in [3.8, 4) is 10.4 Å². The Hall–Kier alpha value is -3.45. The molecule has 0 radical (unpaired) electrons. The minimum Gasteiger partial charge on any atom is -0.351 e. The summed E-state index contributed by atoms with van der Waals surface area (Å²) in [6.45, 7) is 7.27. The zero-order chi connectivity index (χ0) is 23.3. The molecule has 1 atom stereocenters. The number of anilines is 1. The molecule has 0 saturated heterocycles. The molecule has 3 amide bonds. The molecule has 2 aromatic carbocycles. The van der Waals surface area contributed by atoms with E-state index < -0.39 is 0 Å². The molecular weight excluding hydrogens is 422 g/mol. The van der Waals surface area contributed by atoms with Crippen LogP contribution < -0.4 is 16.0 Å². The van der Waals surface area contributed by atoms with E-state index in [4.69, 9.17) is 0 Å². The highest BCUT2D eigenvalue weighted by atomic mass is 32.1. The molecular formula is C25H27N3O3S. The van der Waals surface area contributed by atoms with E-state index in [2.05, 4.69) is 22.0 Å². The second-order valence-electron chi connectivity index (χ2n) is 7.71. The molecule has 1 unspecified atom stereocenters.